The second-order valence-corrected chi connectivity index (χ2v) is 1.50. The summed E-state index contributed by atoms with van der Waals surface area (Å²) in [5, 5.41) is 0. The molecule has 0 fully saturated rings. The number of carbonyl (C=O) groups excluding carboxylic acids is 1. The van der Waals surface area contributed by atoms with Crippen molar-refractivity contribution in [2.45, 2.75) is 12.8 Å². The van der Waals surface area contributed by atoms with Crippen LogP contribution in [0.3, 0.4) is 0 Å². The van der Waals surface area contributed by atoms with Crippen molar-refractivity contribution in [3.63, 3.8) is 0 Å². The summed E-state index contributed by atoms with van der Waals surface area (Å²) in [7, 11) is 0. The number of hydrogen-bond acceptors (Lipinski definition) is 1. The molecule has 0 spiro atoms. The summed E-state index contributed by atoms with van der Waals surface area (Å²) in [6.45, 7) is 6.81. The van der Waals surface area contributed by atoms with Crippen LogP contribution in [0.2, 0.25) is 0 Å². The molecule has 0 aromatic carbocycles. The Morgan fingerprint density at radius 1 is 1.50 bits per heavy atom. The van der Waals surface area contributed by atoms with Gasteiger partial charge in [-0.15, -0.1) is 6.58 Å². The molecule has 0 rings (SSSR count). The second kappa shape index (κ2) is 4.31. The number of allylic oxidation sites excluding steroid dienone is 2. The Labute approximate surface area is 49.7 Å². The molecule has 44 valence electrons. The molecule has 0 aromatic heterocycles. The van der Waals surface area contributed by atoms with E-state index in [9.17, 15) is 4.79 Å². The largest absolute Gasteiger partial charge is 0.295 e. The fourth-order valence-corrected chi connectivity index (χ4v) is 0.346. The molecule has 0 radical (unpaired) electrons. The molecule has 1 heteroatoms. The van der Waals surface area contributed by atoms with Crippen LogP contribution in [0.15, 0.2) is 25.3 Å². The number of carbonyl (C=O) groups is 1. The number of ketones is 1. The third-order valence-corrected chi connectivity index (χ3v) is 0.823. The van der Waals surface area contributed by atoms with Gasteiger partial charge < -0.3 is 0 Å². The number of hydrogen-bond donors (Lipinski definition) is 0. The topological polar surface area (TPSA) is 17.1 Å². The van der Waals surface area contributed by atoms with Gasteiger partial charge in [-0.25, -0.2) is 0 Å². The Morgan fingerprint density at radius 2 is 2.12 bits per heavy atom. The van der Waals surface area contributed by atoms with Crippen LogP contribution in [0, 0.1) is 0 Å². The maximum atomic E-state index is 10.4. The van der Waals surface area contributed by atoms with E-state index in [1.807, 2.05) is 0 Å². The summed E-state index contributed by atoms with van der Waals surface area (Å²) in [6, 6.07) is 0. The molecule has 0 saturated carbocycles. The molecule has 0 bridgehead atoms. The van der Waals surface area contributed by atoms with Crippen LogP contribution in [0.25, 0.3) is 0 Å². The summed E-state index contributed by atoms with van der Waals surface area (Å²) in [5.74, 6) is 0.0879. The highest BCUT2D eigenvalue weighted by Crippen LogP contribution is 1.90. The van der Waals surface area contributed by atoms with Crippen molar-refractivity contribution in [1.29, 1.82) is 0 Å². The minimum atomic E-state index is 0.0879. The Morgan fingerprint density at radius 3 is 2.50 bits per heavy atom. The van der Waals surface area contributed by atoms with E-state index in [4.69, 9.17) is 0 Å². The Hall–Kier alpha value is -0.850. The van der Waals surface area contributed by atoms with Gasteiger partial charge in [0.25, 0.3) is 0 Å². The molecule has 0 aliphatic carbocycles. The Bertz CT molecular complexity index is 103. The molecule has 0 atom stereocenters. The maximum absolute atomic E-state index is 10.4. The first-order valence-corrected chi connectivity index (χ1v) is 2.57. The van der Waals surface area contributed by atoms with Gasteiger partial charge in [0.2, 0.25) is 0 Å². The quantitative estimate of drug-likeness (QED) is 0.397. The summed E-state index contributed by atoms with van der Waals surface area (Å²) < 4.78 is 0. The monoisotopic (exact) mass is 110 g/mol. The van der Waals surface area contributed by atoms with Gasteiger partial charge in [0.05, 0.1) is 0 Å². The highest BCUT2D eigenvalue weighted by Gasteiger charge is 1.89. The van der Waals surface area contributed by atoms with Gasteiger partial charge in [-0.1, -0.05) is 12.7 Å². The van der Waals surface area contributed by atoms with Crippen LogP contribution < -0.4 is 0 Å². The zero-order valence-electron chi connectivity index (χ0n) is 4.89. The van der Waals surface area contributed by atoms with Crippen molar-refractivity contribution in [3.05, 3.63) is 25.3 Å². The van der Waals surface area contributed by atoms with Crippen molar-refractivity contribution in [3.8, 4) is 0 Å². The molecule has 0 N–H and O–H groups in total. The van der Waals surface area contributed by atoms with E-state index in [0.717, 1.165) is 6.42 Å². The average molecular weight is 110 g/mol. The predicted octanol–water partition coefficient (Wildman–Crippen LogP) is 1.71. The number of rotatable bonds is 4. The molecule has 0 amide bonds. The minimum Gasteiger partial charge on any atom is -0.295 e. The van der Waals surface area contributed by atoms with Gasteiger partial charge in [0.15, 0.2) is 5.78 Å². The van der Waals surface area contributed by atoms with Crippen LogP contribution >= 0.6 is 0 Å². The lowest BCUT2D eigenvalue weighted by atomic mass is 10.2. The third-order valence-electron chi connectivity index (χ3n) is 0.823. The highest BCUT2D eigenvalue weighted by atomic mass is 16.1. The zero-order valence-corrected chi connectivity index (χ0v) is 4.89. The van der Waals surface area contributed by atoms with Crippen molar-refractivity contribution < 1.29 is 4.79 Å². The van der Waals surface area contributed by atoms with Crippen LogP contribution in [0.4, 0.5) is 0 Å². The molecule has 0 saturated heterocycles. The lowest BCUT2D eigenvalue weighted by Gasteiger charge is -1.84. The standard InChI is InChI=1S/C7H10O/c1-3-5-6-7(8)4-2/h3-4H,1-2,5-6H2. The highest BCUT2D eigenvalue weighted by molar-refractivity contribution is 5.89. The first-order valence-electron chi connectivity index (χ1n) is 2.57. The molecule has 0 unspecified atom stereocenters. The van der Waals surface area contributed by atoms with Crippen LogP contribution in [-0.4, -0.2) is 5.78 Å². The molecular formula is C7H10O. The lowest BCUT2D eigenvalue weighted by Crippen LogP contribution is -1.88. The van der Waals surface area contributed by atoms with E-state index >= 15 is 0 Å². The molecule has 0 aromatic rings. The van der Waals surface area contributed by atoms with Gasteiger partial charge in [0, 0.05) is 6.42 Å². The smallest absolute Gasteiger partial charge is 0.155 e. The van der Waals surface area contributed by atoms with E-state index in [0.29, 0.717) is 6.42 Å². The van der Waals surface area contributed by atoms with E-state index < -0.39 is 0 Å². The first kappa shape index (κ1) is 7.15. The molecule has 0 heterocycles. The first-order chi connectivity index (χ1) is 3.81. The van der Waals surface area contributed by atoms with Crippen molar-refractivity contribution in [2.75, 3.05) is 0 Å². The van der Waals surface area contributed by atoms with E-state index in [1.54, 1.807) is 6.08 Å². The Kier molecular flexibility index (Phi) is 3.85. The van der Waals surface area contributed by atoms with Gasteiger partial charge in [-0.2, -0.15) is 0 Å². The Balaban J connectivity index is 3.24. The summed E-state index contributed by atoms with van der Waals surface area (Å²) in [4.78, 5) is 10.4. The fraction of sp³-hybridized carbons (Fsp3) is 0.286. The van der Waals surface area contributed by atoms with Gasteiger partial charge in [0.1, 0.15) is 0 Å². The van der Waals surface area contributed by atoms with E-state index in [1.165, 1.54) is 6.08 Å². The van der Waals surface area contributed by atoms with Gasteiger partial charge in [-0.3, -0.25) is 4.79 Å². The van der Waals surface area contributed by atoms with Crippen LogP contribution in [0.1, 0.15) is 12.8 Å². The van der Waals surface area contributed by atoms with Crippen LogP contribution in [0.5, 0.6) is 0 Å². The predicted molar refractivity (Wildman–Crippen MR) is 34.6 cm³/mol. The normalized spacial score (nSPS) is 8.00. The van der Waals surface area contributed by atoms with Gasteiger partial charge >= 0.3 is 0 Å². The van der Waals surface area contributed by atoms with Crippen molar-refractivity contribution in [2.24, 2.45) is 0 Å². The van der Waals surface area contributed by atoms with E-state index in [2.05, 4.69) is 13.2 Å². The maximum Gasteiger partial charge on any atom is 0.155 e. The fourth-order valence-electron chi connectivity index (χ4n) is 0.346. The molecular weight excluding hydrogens is 100 g/mol. The molecule has 8 heavy (non-hydrogen) atoms. The zero-order chi connectivity index (χ0) is 6.41. The summed E-state index contributed by atoms with van der Waals surface area (Å²) in [5.41, 5.74) is 0. The molecule has 1 nitrogen and oxygen atoms in total. The third kappa shape index (κ3) is 3.34. The molecule has 0 aliphatic rings. The minimum absolute atomic E-state index is 0.0879. The van der Waals surface area contributed by atoms with Crippen molar-refractivity contribution >= 4 is 5.78 Å². The van der Waals surface area contributed by atoms with E-state index in [-0.39, 0.29) is 5.78 Å². The second-order valence-electron chi connectivity index (χ2n) is 1.50. The SMILES string of the molecule is C=CCCC(=O)C=C. The lowest BCUT2D eigenvalue weighted by molar-refractivity contribution is -0.114. The summed E-state index contributed by atoms with van der Waals surface area (Å²) in [6.07, 6.45) is 4.36. The van der Waals surface area contributed by atoms with Gasteiger partial charge in [-0.05, 0) is 12.5 Å². The van der Waals surface area contributed by atoms with Crippen LogP contribution in [-0.2, 0) is 4.79 Å². The van der Waals surface area contributed by atoms with Crippen molar-refractivity contribution in [1.82, 2.24) is 0 Å². The molecule has 0 aliphatic heterocycles. The summed E-state index contributed by atoms with van der Waals surface area (Å²) >= 11 is 0. The average Bonchev–Trinajstić information content (AvgIpc) is 1.83.